The Hall–Kier alpha value is -2.04. The second kappa shape index (κ2) is 7.02. The molecule has 0 radical (unpaired) electrons. The highest BCUT2D eigenvalue weighted by molar-refractivity contribution is 5.97. The van der Waals surface area contributed by atoms with E-state index in [4.69, 9.17) is 4.74 Å². The number of ether oxygens (including phenoxy) is 1. The van der Waals surface area contributed by atoms with Gasteiger partial charge in [-0.2, -0.15) is 0 Å². The van der Waals surface area contributed by atoms with Crippen LogP contribution in [0.1, 0.15) is 55.3 Å². The van der Waals surface area contributed by atoms with Crippen molar-refractivity contribution in [2.45, 2.75) is 57.1 Å². The number of carboxylic acids is 1. The van der Waals surface area contributed by atoms with E-state index in [9.17, 15) is 14.7 Å². The Morgan fingerprint density at radius 3 is 2.57 bits per heavy atom. The molecule has 0 bridgehead atoms. The average molecular weight is 317 g/mol. The van der Waals surface area contributed by atoms with Crippen molar-refractivity contribution >= 4 is 11.9 Å². The van der Waals surface area contributed by atoms with Crippen LogP contribution in [-0.2, 0) is 4.79 Å². The summed E-state index contributed by atoms with van der Waals surface area (Å²) in [6.45, 7) is 0.503. The number of hydrogen-bond acceptors (Lipinski definition) is 3. The van der Waals surface area contributed by atoms with E-state index in [-0.39, 0.29) is 12.0 Å². The number of likely N-dealkylation sites (tertiary alicyclic amines) is 1. The van der Waals surface area contributed by atoms with Crippen LogP contribution < -0.4 is 4.74 Å². The Labute approximate surface area is 136 Å². The SMILES string of the molecule is O=C(O)[C@H]1CCCCN1C(=O)c1cccc(OC2CCCC2)c1. The first-order chi connectivity index (χ1) is 11.1. The first-order valence-electron chi connectivity index (χ1n) is 8.45. The number of nitrogens with zero attached hydrogens (tertiary/aromatic N) is 1. The molecule has 2 aliphatic rings. The monoisotopic (exact) mass is 317 g/mol. The van der Waals surface area contributed by atoms with Crippen LogP contribution in [0.5, 0.6) is 5.75 Å². The van der Waals surface area contributed by atoms with Gasteiger partial charge in [-0.3, -0.25) is 4.79 Å². The number of aliphatic carboxylic acids is 1. The number of hydrogen-bond donors (Lipinski definition) is 1. The minimum Gasteiger partial charge on any atom is -0.490 e. The van der Waals surface area contributed by atoms with Crippen LogP contribution in [0.4, 0.5) is 0 Å². The van der Waals surface area contributed by atoms with Crippen molar-refractivity contribution < 1.29 is 19.4 Å². The third-order valence-corrected chi connectivity index (χ3v) is 4.73. The van der Waals surface area contributed by atoms with Crippen molar-refractivity contribution in [3.63, 3.8) is 0 Å². The van der Waals surface area contributed by atoms with Crippen molar-refractivity contribution in [2.24, 2.45) is 0 Å². The zero-order chi connectivity index (χ0) is 16.2. The van der Waals surface area contributed by atoms with Crippen LogP contribution in [-0.4, -0.2) is 40.6 Å². The summed E-state index contributed by atoms with van der Waals surface area (Å²) in [4.78, 5) is 25.6. The van der Waals surface area contributed by atoms with Crippen molar-refractivity contribution in [1.29, 1.82) is 0 Å². The molecular formula is C18H23NO4. The Morgan fingerprint density at radius 1 is 1.09 bits per heavy atom. The van der Waals surface area contributed by atoms with Gasteiger partial charge in [-0.05, 0) is 63.1 Å². The third kappa shape index (κ3) is 3.66. The van der Waals surface area contributed by atoms with Gasteiger partial charge < -0.3 is 14.7 Å². The number of carboxylic acid groups (broad SMARTS) is 1. The minimum absolute atomic E-state index is 0.214. The second-order valence-electron chi connectivity index (χ2n) is 6.40. The number of piperidine rings is 1. The molecule has 1 amide bonds. The zero-order valence-corrected chi connectivity index (χ0v) is 13.2. The van der Waals surface area contributed by atoms with Gasteiger partial charge in [-0.15, -0.1) is 0 Å². The molecule has 0 unspecified atom stereocenters. The first-order valence-corrected chi connectivity index (χ1v) is 8.45. The van der Waals surface area contributed by atoms with Crippen LogP contribution in [0.15, 0.2) is 24.3 Å². The zero-order valence-electron chi connectivity index (χ0n) is 13.2. The fourth-order valence-electron chi connectivity index (χ4n) is 3.50. The van der Waals surface area contributed by atoms with E-state index in [1.165, 1.54) is 17.7 Å². The molecule has 1 saturated carbocycles. The lowest BCUT2D eigenvalue weighted by Gasteiger charge is -2.33. The Bertz CT molecular complexity index is 580. The highest BCUT2D eigenvalue weighted by Gasteiger charge is 2.32. The molecule has 1 aliphatic carbocycles. The summed E-state index contributed by atoms with van der Waals surface area (Å²) in [6, 6.07) is 6.43. The van der Waals surface area contributed by atoms with Crippen LogP contribution in [0.3, 0.4) is 0 Å². The molecule has 1 N–H and O–H groups in total. The van der Waals surface area contributed by atoms with E-state index in [1.807, 2.05) is 6.07 Å². The average Bonchev–Trinajstić information content (AvgIpc) is 3.07. The van der Waals surface area contributed by atoms with Gasteiger partial charge in [0.05, 0.1) is 6.10 Å². The minimum atomic E-state index is -0.920. The van der Waals surface area contributed by atoms with Gasteiger partial charge in [0.2, 0.25) is 0 Å². The predicted octanol–water partition coefficient (Wildman–Crippen LogP) is 3.09. The number of benzene rings is 1. The van der Waals surface area contributed by atoms with E-state index in [2.05, 4.69) is 0 Å². The molecule has 1 atom stereocenters. The number of carbonyl (C=O) groups excluding carboxylic acids is 1. The first kappa shape index (κ1) is 15.8. The summed E-state index contributed by atoms with van der Waals surface area (Å²) < 4.78 is 5.94. The van der Waals surface area contributed by atoms with Crippen molar-refractivity contribution in [2.75, 3.05) is 6.54 Å². The topological polar surface area (TPSA) is 66.8 Å². The van der Waals surface area contributed by atoms with Gasteiger partial charge >= 0.3 is 5.97 Å². The lowest BCUT2D eigenvalue weighted by atomic mass is 10.0. The molecule has 0 aromatic heterocycles. The van der Waals surface area contributed by atoms with Crippen molar-refractivity contribution in [3.05, 3.63) is 29.8 Å². The summed E-state index contributed by atoms with van der Waals surface area (Å²) in [5.41, 5.74) is 0.508. The quantitative estimate of drug-likeness (QED) is 0.926. The maximum absolute atomic E-state index is 12.7. The van der Waals surface area contributed by atoms with Crippen LogP contribution in [0.25, 0.3) is 0 Å². The smallest absolute Gasteiger partial charge is 0.326 e. The van der Waals surface area contributed by atoms with E-state index in [0.717, 1.165) is 25.7 Å². The normalized spacial score (nSPS) is 22.1. The van der Waals surface area contributed by atoms with E-state index in [1.54, 1.807) is 18.2 Å². The summed E-state index contributed by atoms with van der Waals surface area (Å²) in [6.07, 6.45) is 6.98. The molecule has 1 aliphatic heterocycles. The maximum Gasteiger partial charge on any atom is 0.326 e. The van der Waals surface area contributed by atoms with E-state index < -0.39 is 12.0 Å². The Balaban J connectivity index is 1.74. The van der Waals surface area contributed by atoms with Crippen molar-refractivity contribution in [1.82, 2.24) is 4.90 Å². The second-order valence-corrected chi connectivity index (χ2v) is 6.40. The molecule has 1 saturated heterocycles. The van der Waals surface area contributed by atoms with E-state index >= 15 is 0 Å². The van der Waals surface area contributed by atoms with Gasteiger partial charge in [-0.25, -0.2) is 4.79 Å². The van der Waals surface area contributed by atoms with Gasteiger partial charge in [0.25, 0.3) is 5.91 Å². The summed E-state index contributed by atoms with van der Waals surface area (Å²) in [7, 11) is 0. The number of carbonyl (C=O) groups is 2. The highest BCUT2D eigenvalue weighted by Crippen LogP contribution is 2.26. The number of rotatable bonds is 4. The predicted molar refractivity (Wildman–Crippen MR) is 85.6 cm³/mol. The molecule has 5 heteroatoms. The summed E-state index contributed by atoms with van der Waals surface area (Å²) in [5.74, 6) is -0.433. The lowest BCUT2D eigenvalue weighted by molar-refractivity contribution is -0.143. The molecule has 1 aromatic rings. The molecule has 2 fully saturated rings. The summed E-state index contributed by atoms with van der Waals surface area (Å²) in [5, 5.41) is 9.33. The molecule has 5 nitrogen and oxygen atoms in total. The largest absolute Gasteiger partial charge is 0.490 e. The highest BCUT2D eigenvalue weighted by atomic mass is 16.5. The van der Waals surface area contributed by atoms with Crippen molar-refractivity contribution in [3.8, 4) is 5.75 Å². The Morgan fingerprint density at radius 2 is 1.83 bits per heavy atom. The van der Waals surface area contributed by atoms with Crippen LogP contribution in [0.2, 0.25) is 0 Å². The van der Waals surface area contributed by atoms with Gasteiger partial charge in [-0.1, -0.05) is 6.07 Å². The Kier molecular flexibility index (Phi) is 4.84. The molecule has 1 aromatic carbocycles. The molecule has 0 spiro atoms. The van der Waals surface area contributed by atoms with Gasteiger partial charge in [0.1, 0.15) is 11.8 Å². The summed E-state index contributed by atoms with van der Waals surface area (Å²) >= 11 is 0. The molecule has 3 rings (SSSR count). The fourth-order valence-corrected chi connectivity index (χ4v) is 3.50. The third-order valence-electron chi connectivity index (χ3n) is 4.73. The van der Waals surface area contributed by atoms with Crippen LogP contribution >= 0.6 is 0 Å². The van der Waals surface area contributed by atoms with Gasteiger partial charge in [0, 0.05) is 12.1 Å². The molecule has 1 heterocycles. The molecule has 23 heavy (non-hydrogen) atoms. The lowest BCUT2D eigenvalue weighted by Crippen LogP contribution is -2.47. The van der Waals surface area contributed by atoms with Crippen LogP contribution in [0, 0.1) is 0 Å². The molecular weight excluding hydrogens is 294 g/mol. The van der Waals surface area contributed by atoms with Gasteiger partial charge in [0.15, 0.2) is 0 Å². The number of amides is 1. The fraction of sp³-hybridized carbons (Fsp3) is 0.556. The van der Waals surface area contributed by atoms with E-state index in [0.29, 0.717) is 24.3 Å². The molecule has 124 valence electrons. The maximum atomic E-state index is 12.7. The standard InChI is InChI=1S/C18H23NO4/c20-17(19-11-4-3-10-16(19)18(21)22)13-6-5-9-15(12-13)23-14-7-1-2-8-14/h5-6,9,12,14,16H,1-4,7-8,10-11H2,(H,21,22)/t16-/m1/s1.